The van der Waals surface area contributed by atoms with Crippen molar-refractivity contribution < 1.29 is 0 Å². The zero-order valence-electron chi connectivity index (χ0n) is 21.1. The van der Waals surface area contributed by atoms with E-state index in [-0.39, 0.29) is 0 Å². The lowest BCUT2D eigenvalue weighted by Gasteiger charge is -2.24. The molecule has 0 spiro atoms. The third kappa shape index (κ3) is 3.74. The summed E-state index contributed by atoms with van der Waals surface area (Å²) in [5.41, 5.74) is 15.7. The van der Waals surface area contributed by atoms with Gasteiger partial charge >= 0.3 is 0 Å². The smallest absolute Gasteiger partial charge is 0.0622 e. The van der Waals surface area contributed by atoms with Crippen molar-refractivity contribution in [3.63, 3.8) is 0 Å². The summed E-state index contributed by atoms with van der Waals surface area (Å²) in [6.07, 6.45) is 0.915. The van der Waals surface area contributed by atoms with E-state index in [1.54, 1.807) is 0 Å². The minimum atomic E-state index is 0.915. The van der Waals surface area contributed by atoms with Crippen LogP contribution in [-0.2, 0) is 6.42 Å². The van der Waals surface area contributed by atoms with E-state index in [1.807, 2.05) is 0 Å². The van der Waals surface area contributed by atoms with Gasteiger partial charge in [0.15, 0.2) is 0 Å². The van der Waals surface area contributed by atoms with Crippen LogP contribution in [0.5, 0.6) is 0 Å². The van der Waals surface area contributed by atoms with Gasteiger partial charge in [-0.3, -0.25) is 0 Å². The van der Waals surface area contributed by atoms with Crippen LogP contribution in [0.1, 0.15) is 11.1 Å². The Morgan fingerprint density at radius 2 is 0.763 bits per heavy atom. The monoisotopic (exact) mass is 483 g/mol. The zero-order chi connectivity index (χ0) is 25.3. The molecule has 1 aliphatic rings. The van der Waals surface area contributed by atoms with Crippen LogP contribution in [-0.4, -0.2) is 0 Å². The van der Waals surface area contributed by atoms with E-state index in [2.05, 4.69) is 152 Å². The number of hydrogen-bond acceptors (Lipinski definition) is 0. The fourth-order valence-corrected chi connectivity index (χ4v) is 6.05. The van der Waals surface area contributed by atoms with Crippen molar-refractivity contribution in [1.82, 2.24) is 0 Å². The first-order valence-electron chi connectivity index (χ1n) is 13.3. The number of fused-ring (bicyclic) bond motifs is 3. The maximum absolute atomic E-state index is 2.30. The maximum atomic E-state index is 2.30. The first-order valence-corrected chi connectivity index (χ1v) is 13.3. The van der Waals surface area contributed by atoms with E-state index in [4.69, 9.17) is 0 Å². The summed E-state index contributed by atoms with van der Waals surface area (Å²) in [4.78, 5) is 0. The largest absolute Gasteiger partial charge is 0.0761 e. The summed E-state index contributed by atoms with van der Waals surface area (Å²) in [6, 6.07) is 54.9. The summed E-state index contributed by atoms with van der Waals surface area (Å²) in [5.74, 6) is 0. The molecule has 0 aromatic heterocycles. The first kappa shape index (κ1) is 22.4. The molecule has 0 saturated carbocycles. The van der Waals surface area contributed by atoms with Crippen molar-refractivity contribution in [2.75, 3.05) is 0 Å². The highest BCUT2D eigenvalue weighted by Crippen LogP contribution is 2.55. The molecule has 0 nitrogen and oxygen atoms in total. The molecule has 0 aliphatic heterocycles. The van der Waals surface area contributed by atoms with Gasteiger partial charge in [0.1, 0.15) is 0 Å². The van der Waals surface area contributed by atoms with E-state index in [1.165, 1.54) is 66.8 Å². The molecule has 178 valence electrons. The van der Waals surface area contributed by atoms with Gasteiger partial charge in [0.05, 0.1) is 16.7 Å². The molecule has 1 aliphatic carbocycles. The molecule has 0 heteroatoms. The van der Waals surface area contributed by atoms with Crippen LogP contribution < -0.4 is 0 Å². The highest BCUT2D eigenvalue weighted by Gasteiger charge is 2.34. The number of benzene rings is 5. The molecule has 38 heavy (non-hydrogen) atoms. The fraction of sp³-hybridized carbons (Fsp3) is 0.0263. The predicted octanol–water partition coefficient (Wildman–Crippen LogP) is 10.2. The minimum Gasteiger partial charge on any atom is -0.0622 e. The van der Waals surface area contributed by atoms with Crippen LogP contribution >= 0.6 is 0 Å². The molecule has 7 rings (SSSR count). The molecule has 0 unspecified atom stereocenters. The summed E-state index contributed by atoms with van der Waals surface area (Å²) in [7, 11) is 0. The van der Waals surface area contributed by atoms with Crippen molar-refractivity contribution in [2.24, 2.45) is 0 Å². The lowest BCUT2D eigenvalue weighted by atomic mass is 9.77. The summed E-state index contributed by atoms with van der Waals surface area (Å²) in [6.45, 7) is 0. The van der Waals surface area contributed by atoms with Crippen LogP contribution in [0.2, 0.25) is 0 Å². The van der Waals surface area contributed by atoms with E-state index < -0.39 is 0 Å². The second-order valence-electron chi connectivity index (χ2n) is 9.84. The molecule has 0 heterocycles. The second-order valence-corrected chi connectivity index (χ2v) is 9.84. The van der Waals surface area contributed by atoms with E-state index in [9.17, 15) is 0 Å². The standard InChI is InChI=1S/C38H27/c1-6-16-27(17-7-1)34-33-26-31-24-14-5-15-25-32(31)38(33)37(30-22-12-4-13-23-30)36(29-20-10-3-11-21-29)35(34)28-18-8-2-9-19-28/h1-25H,26H2/q+1. The lowest BCUT2D eigenvalue weighted by Crippen LogP contribution is -2.00. The Hall–Kier alpha value is -4.81. The van der Waals surface area contributed by atoms with E-state index >= 15 is 0 Å². The van der Waals surface area contributed by atoms with Crippen molar-refractivity contribution >= 4 is 0 Å². The molecule has 0 amide bonds. The average molecular weight is 484 g/mol. The maximum Gasteiger partial charge on any atom is 0.0761 e. The van der Waals surface area contributed by atoms with Crippen LogP contribution in [0.25, 0.3) is 55.6 Å². The van der Waals surface area contributed by atoms with Gasteiger partial charge in [0.2, 0.25) is 0 Å². The third-order valence-electron chi connectivity index (χ3n) is 7.62. The quantitative estimate of drug-likeness (QED) is 0.218. The predicted molar refractivity (Wildman–Crippen MR) is 161 cm³/mol. The van der Waals surface area contributed by atoms with Gasteiger partial charge in [-0.2, -0.15) is 0 Å². The van der Waals surface area contributed by atoms with E-state index in [0.717, 1.165) is 6.42 Å². The number of rotatable bonds is 4. The fourth-order valence-electron chi connectivity index (χ4n) is 6.05. The summed E-state index contributed by atoms with van der Waals surface area (Å²) >= 11 is 0. The first-order chi connectivity index (χ1) is 18.9. The molecule has 0 saturated heterocycles. The second kappa shape index (κ2) is 9.57. The SMILES string of the molecule is c1ccc(-c2c3c(c(-c4ccccc4)c(-c4ccccc4)c2-c2ccccc2)-c2cccc[cH+]c2C3)cc1. The Bertz CT molecular complexity index is 1740. The van der Waals surface area contributed by atoms with Gasteiger partial charge in [0.25, 0.3) is 0 Å². The average Bonchev–Trinajstić information content (AvgIpc) is 3.18. The van der Waals surface area contributed by atoms with Crippen LogP contribution in [0.4, 0.5) is 0 Å². The van der Waals surface area contributed by atoms with Crippen LogP contribution in [0, 0.1) is 0 Å². The molecule has 0 atom stereocenters. The molecular weight excluding hydrogens is 456 g/mol. The Morgan fingerprint density at radius 1 is 0.368 bits per heavy atom. The number of hydrogen-bond donors (Lipinski definition) is 0. The van der Waals surface area contributed by atoms with Gasteiger partial charge in [-0.05, 0) is 44.5 Å². The van der Waals surface area contributed by atoms with Crippen molar-refractivity contribution in [1.29, 1.82) is 0 Å². The Morgan fingerprint density at radius 3 is 1.26 bits per heavy atom. The molecule has 0 fully saturated rings. The van der Waals surface area contributed by atoms with Crippen LogP contribution in [0.15, 0.2) is 152 Å². The van der Waals surface area contributed by atoms with Gasteiger partial charge < -0.3 is 0 Å². The topological polar surface area (TPSA) is 0 Å². The minimum absolute atomic E-state index is 0.915. The van der Waals surface area contributed by atoms with Crippen molar-refractivity contribution in [3.8, 4) is 55.6 Å². The molecule has 0 bridgehead atoms. The normalized spacial score (nSPS) is 11.6. The molecule has 6 aromatic carbocycles. The highest BCUT2D eigenvalue weighted by atomic mass is 14.3. The van der Waals surface area contributed by atoms with E-state index in [0.29, 0.717) is 0 Å². The Balaban J connectivity index is 1.75. The van der Waals surface area contributed by atoms with Gasteiger partial charge in [0, 0.05) is 42.3 Å². The molecule has 0 radical (unpaired) electrons. The van der Waals surface area contributed by atoms with Gasteiger partial charge in [-0.1, -0.05) is 121 Å². The Labute approximate surface area is 224 Å². The Kier molecular flexibility index (Phi) is 5.64. The van der Waals surface area contributed by atoms with Crippen molar-refractivity contribution in [2.45, 2.75) is 6.42 Å². The summed E-state index contributed by atoms with van der Waals surface area (Å²) in [5, 5.41) is 0. The zero-order valence-corrected chi connectivity index (χ0v) is 21.1. The van der Waals surface area contributed by atoms with Gasteiger partial charge in [-0.25, -0.2) is 0 Å². The van der Waals surface area contributed by atoms with Crippen LogP contribution in [0.3, 0.4) is 0 Å². The third-order valence-corrected chi connectivity index (χ3v) is 7.62. The molecule has 6 aromatic rings. The summed E-state index contributed by atoms with van der Waals surface area (Å²) < 4.78 is 0. The molecule has 0 N–H and O–H groups in total. The molecular formula is C38H27+. The lowest BCUT2D eigenvalue weighted by molar-refractivity contribution is 1.27. The highest BCUT2D eigenvalue weighted by molar-refractivity contribution is 6.10. The van der Waals surface area contributed by atoms with Gasteiger partial charge in [-0.15, -0.1) is 0 Å². The van der Waals surface area contributed by atoms with Crippen molar-refractivity contribution in [3.05, 3.63) is 163 Å².